The van der Waals surface area contributed by atoms with E-state index in [2.05, 4.69) is 11.8 Å². The topological polar surface area (TPSA) is 23.5 Å². The highest BCUT2D eigenvalue weighted by molar-refractivity contribution is 4.75. The van der Waals surface area contributed by atoms with Gasteiger partial charge in [0.15, 0.2) is 0 Å². The van der Waals surface area contributed by atoms with Gasteiger partial charge in [-0.1, -0.05) is 13.3 Å². The van der Waals surface area contributed by atoms with Crippen molar-refractivity contribution < 1.29 is 5.11 Å². The quantitative estimate of drug-likeness (QED) is 0.695. The first-order valence-corrected chi connectivity index (χ1v) is 5.23. The minimum absolute atomic E-state index is 0.340. The Labute approximate surface area is 75.6 Å². The Morgan fingerprint density at radius 2 is 2.25 bits per heavy atom. The van der Waals surface area contributed by atoms with Crippen molar-refractivity contribution >= 4 is 0 Å². The molecule has 12 heavy (non-hydrogen) atoms. The molecule has 0 bridgehead atoms. The van der Waals surface area contributed by atoms with E-state index in [4.69, 9.17) is 5.11 Å². The van der Waals surface area contributed by atoms with E-state index >= 15 is 0 Å². The van der Waals surface area contributed by atoms with Crippen molar-refractivity contribution in [3.05, 3.63) is 0 Å². The highest BCUT2D eigenvalue weighted by atomic mass is 16.3. The Balaban J connectivity index is 2.26. The molecule has 0 aromatic carbocycles. The van der Waals surface area contributed by atoms with Gasteiger partial charge >= 0.3 is 0 Å². The highest BCUT2D eigenvalue weighted by Gasteiger charge is 2.19. The summed E-state index contributed by atoms with van der Waals surface area (Å²) in [5.41, 5.74) is 0. The van der Waals surface area contributed by atoms with E-state index in [1.807, 2.05) is 0 Å². The third-order valence-corrected chi connectivity index (χ3v) is 2.82. The normalized spacial score (nSPS) is 26.0. The van der Waals surface area contributed by atoms with Crippen LogP contribution in [-0.4, -0.2) is 35.7 Å². The zero-order valence-electron chi connectivity index (χ0n) is 8.13. The van der Waals surface area contributed by atoms with E-state index < -0.39 is 0 Å². The molecular formula is C10H21NO. The smallest absolute Gasteiger partial charge is 0.0443 e. The number of piperidine rings is 1. The maximum Gasteiger partial charge on any atom is 0.0443 e. The molecule has 0 spiro atoms. The Bertz CT molecular complexity index is 116. The minimum Gasteiger partial charge on any atom is -0.396 e. The zero-order valence-corrected chi connectivity index (χ0v) is 8.13. The molecule has 0 aromatic rings. The molecule has 1 unspecified atom stereocenters. The number of hydrogen-bond acceptors (Lipinski definition) is 2. The van der Waals surface area contributed by atoms with Crippen molar-refractivity contribution in [1.29, 1.82) is 0 Å². The van der Waals surface area contributed by atoms with Crippen LogP contribution in [0.15, 0.2) is 0 Å². The Kier molecular flexibility index (Phi) is 4.62. The van der Waals surface area contributed by atoms with Crippen LogP contribution in [0.4, 0.5) is 0 Å². The largest absolute Gasteiger partial charge is 0.396 e. The van der Waals surface area contributed by atoms with Crippen molar-refractivity contribution in [2.45, 2.75) is 45.1 Å². The molecule has 1 rings (SSSR count). The van der Waals surface area contributed by atoms with Crippen LogP contribution < -0.4 is 0 Å². The van der Waals surface area contributed by atoms with Gasteiger partial charge in [-0.2, -0.15) is 0 Å². The second-order valence-electron chi connectivity index (χ2n) is 3.67. The van der Waals surface area contributed by atoms with Crippen LogP contribution in [0.25, 0.3) is 0 Å². The predicted molar refractivity (Wildman–Crippen MR) is 51.2 cm³/mol. The molecule has 1 N–H and O–H groups in total. The molecule has 0 aliphatic carbocycles. The molecule has 1 heterocycles. The first kappa shape index (κ1) is 10.0. The number of aliphatic hydroxyl groups is 1. The number of likely N-dealkylation sites (tertiary alicyclic amines) is 1. The summed E-state index contributed by atoms with van der Waals surface area (Å²) in [5.74, 6) is 0. The molecule has 72 valence electrons. The van der Waals surface area contributed by atoms with Crippen molar-refractivity contribution in [1.82, 2.24) is 4.90 Å². The van der Waals surface area contributed by atoms with Gasteiger partial charge in [-0.15, -0.1) is 0 Å². The fraction of sp³-hybridized carbons (Fsp3) is 1.00. The monoisotopic (exact) mass is 171 g/mol. The molecule has 0 amide bonds. The first-order chi connectivity index (χ1) is 5.88. The van der Waals surface area contributed by atoms with Gasteiger partial charge in [0.05, 0.1) is 0 Å². The van der Waals surface area contributed by atoms with Gasteiger partial charge in [0.25, 0.3) is 0 Å². The standard InChI is InChI=1S/C10H21NO/c1-2-10-6-3-4-7-11(10)8-5-9-12/h10,12H,2-9H2,1H3. The number of hydrogen-bond donors (Lipinski definition) is 1. The second-order valence-corrected chi connectivity index (χ2v) is 3.67. The molecule has 1 aliphatic heterocycles. The molecule has 1 fully saturated rings. The minimum atomic E-state index is 0.340. The third kappa shape index (κ3) is 2.76. The molecular weight excluding hydrogens is 150 g/mol. The molecule has 0 saturated carbocycles. The summed E-state index contributed by atoms with van der Waals surface area (Å²) in [5, 5.41) is 8.73. The fourth-order valence-electron chi connectivity index (χ4n) is 2.09. The Morgan fingerprint density at radius 3 is 2.92 bits per heavy atom. The van der Waals surface area contributed by atoms with Crippen LogP contribution in [-0.2, 0) is 0 Å². The first-order valence-electron chi connectivity index (χ1n) is 5.23. The summed E-state index contributed by atoms with van der Waals surface area (Å²) < 4.78 is 0. The third-order valence-electron chi connectivity index (χ3n) is 2.82. The van der Waals surface area contributed by atoms with Crippen molar-refractivity contribution in [3.8, 4) is 0 Å². The maximum atomic E-state index is 8.73. The lowest BCUT2D eigenvalue weighted by Gasteiger charge is -2.35. The summed E-state index contributed by atoms with van der Waals surface area (Å²) in [6, 6.07) is 0.797. The lowest BCUT2D eigenvalue weighted by Crippen LogP contribution is -2.39. The fourth-order valence-corrected chi connectivity index (χ4v) is 2.09. The van der Waals surface area contributed by atoms with Gasteiger partial charge in [-0.05, 0) is 32.2 Å². The van der Waals surface area contributed by atoms with E-state index in [0.29, 0.717) is 6.61 Å². The van der Waals surface area contributed by atoms with Crippen LogP contribution in [0.2, 0.25) is 0 Å². The summed E-state index contributed by atoms with van der Waals surface area (Å²) >= 11 is 0. The number of nitrogens with zero attached hydrogens (tertiary/aromatic N) is 1. The Morgan fingerprint density at radius 1 is 1.42 bits per heavy atom. The highest BCUT2D eigenvalue weighted by Crippen LogP contribution is 2.19. The van der Waals surface area contributed by atoms with E-state index in [0.717, 1.165) is 19.0 Å². The summed E-state index contributed by atoms with van der Waals surface area (Å²) in [7, 11) is 0. The molecule has 2 nitrogen and oxygen atoms in total. The average Bonchev–Trinajstić information content (AvgIpc) is 2.15. The van der Waals surface area contributed by atoms with Crippen LogP contribution in [0.5, 0.6) is 0 Å². The van der Waals surface area contributed by atoms with E-state index in [1.54, 1.807) is 0 Å². The van der Waals surface area contributed by atoms with Gasteiger partial charge in [0.1, 0.15) is 0 Å². The summed E-state index contributed by atoms with van der Waals surface area (Å²) in [6.45, 7) is 4.95. The van der Waals surface area contributed by atoms with Crippen LogP contribution in [0.1, 0.15) is 39.0 Å². The number of rotatable bonds is 4. The van der Waals surface area contributed by atoms with Crippen molar-refractivity contribution in [3.63, 3.8) is 0 Å². The van der Waals surface area contributed by atoms with Crippen LogP contribution in [0.3, 0.4) is 0 Å². The molecule has 1 aliphatic rings. The van der Waals surface area contributed by atoms with Crippen molar-refractivity contribution in [2.75, 3.05) is 19.7 Å². The van der Waals surface area contributed by atoms with Gasteiger partial charge in [-0.3, -0.25) is 0 Å². The van der Waals surface area contributed by atoms with Gasteiger partial charge in [-0.25, -0.2) is 0 Å². The van der Waals surface area contributed by atoms with Crippen molar-refractivity contribution in [2.24, 2.45) is 0 Å². The molecule has 1 saturated heterocycles. The van der Waals surface area contributed by atoms with E-state index in [9.17, 15) is 0 Å². The molecule has 1 atom stereocenters. The van der Waals surface area contributed by atoms with Crippen LogP contribution >= 0.6 is 0 Å². The van der Waals surface area contributed by atoms with Gasteiger partial charge < -0.3 is 10.0 Å². The van der Waals surface area contributed by atoms with E-state index in [-0.39, 0.29) is 0 Å². The predicted octanol–water partition coefficient (Wildman–Crippen LogP) is 1.63. The second kappa shape index (κ2) is 5.55. The summed E-state index contributed by atoms with van der Waals surface area (Å²) in [4.78, 5) is 2.54. The SMILES string of the molecule is CCC1CCCCN1CCCO. The zero-order chi connectivity index (χ0) is 8.81. The maximum absolute atomic E-state index is 8.73. The van der Waals surface area contributed by atoms with Crippen LogP contribution in [0, 0.1) is 0 Å². The molecule has 0 radical (unpaired) electrons. The molecule has 2 heteroatoms. The summed E-state index contributed by atoms with van der Waals surface area (Å²) in [6.07, 6.45) is 6.32. The van der Waals surface area contributed by atoms with E-state index in [1.165, 1.54) is 32.2 Å². The average molecular weight is 171 g/mol. The molecule has 0 aromatic heterocycles. The number of aliphatic hydroxyl groups excluding tert-OH is 1. The lowest BCUT2D eigenvalue weighted by atomic mass is 10.00. The van der Waals surface area contributed by atoms with Gasteiger partial charge in [0, 0.05) is 19.2 Å². The van der Waals surface area contributed by atoms with Gasteiger partial charge in [0.2, 0.25) is 0 Å². The Hall–Kier alpha value is -0.0800. The lowest BCUT2D eigenvalue weighted by molar-refractivity contribution is 0.131.